The first-order chi connectivity index (χ1) is 15.7. The van der Waals surface area contributed by atoms with Gasteiger partial charge in [0.25, 0.3) is 5.91 Å². The molecule has 6 nitrogen and oxygen atoms in total. The third-order valence-corrected chi connectivity index (χ3v) is 5.80. The summed E-state index contributed by atoms with van der Waals surface area (Å²) in [5.41, 5.74) is 0.915. The highest BCUT2D eigenvalue weighted by Crippen LogP contribution is 2.33. The van der Waals surface area contributed by atoms with Crippen molar-refractivity contribution in [2.45, 2.75) is 19.5 Å². The number of hydrogen-bond donors (Lipinski definition) is 0. The maximum absolute atomic E-state index is 13.3. The predicted molar refractivity (Wildman–Crippen MR) is 115 cm³/mol. The molecule has 0 N–H and O–H groups in total. The van der Waals surface area contributed by atoms with Crippen molar-refractivity contribution < 1.29 is 22.4 Å². The molecule has 0 aliphatic carbocycles. The lowest BCUT2D eigenvalue weighted by molar-refractivity contribution is -0.137. The maximum Gasteiger partial charge on any atom is 0.417 e. The summed E-state index contributed by atoms with van der Waals surface area (Å²) >= 11 is 6.05. The number of carbonyl (C=O) groups excluding carboxylic acids is 1. The van der Waals surface area contributed by atoms with Crippen LogP contribution in [0.5, 0.6) is 0 Å². The molecule has 2 aromatic heterocycles. The maximum atomic E-state index is 13.3. The molecule has 33 heavy (non-hydrogen) atoms. The van der Waals surface area contributed by atoms with Crippen molar-refractivity contribution in [2.75, 3.05) is 31.1 Å². The Morgan fingerprint density at radius 2 is 1.76 bits per heavy atom. The molecule has 1 saturated heterocycles. The Morgan fingerprint density at radius 3 is 2.33 bits per heavy atom. The van der Waals surface area contributed by atoms with Crippen LogP contribution in [0.1, 0.15) is 28.5 Å². The second-order valence-corrected chi connectivity index (χ2v) is 7.96. The molecule has 0 bridgehead atoms. The zero-order valence-electron chi connectivity index (χ0n) is 17.6. The van der Waals surface area contributed by atoms with Crippen molar-refractivity contribution in [3.05, 3.63) is 70.4 Å². The lowest BCUT2D eigenvalue weighted by atomic mass is 10.1. The molecule has 1 fully saturated rings. The highest BCUT2D eigenvalue weighted by Gasteiger charge is 2.33. The molecule has 0 radical (unpaired) electrons. The number of pyridine rings is 1. The third-order valence-electron chi connectivity index (χ3n) is 5.52. The molecule has 0 spiro atoms. The Labute approximate surface area is 192 Å². The van der Waals surface area contributed by atoms with Crippen molar-refractivity contribution >= 4 is 23.3 Å². The van der Waals surface area contributed by atoms with E-state index >= 15 is 0 Å². The number of piperazine rings is 1. The Balaban J connectivity index is 1.48. The fraction of sp³-hybridized carbons (Fsp3) is 0.318. The molecule has 1 amide bonds. The zero-order valence-corrected chi connectivity index (χ0v) is 18.4. The molecule has 0 atom stereocenters. The van der Waals surface area contributed by atoms with Crippen LogP contribution in [-0.2, 0) is 12.6 Å². The topological polar surface area (TPSA) is 54.3 Å². The Morgan fingerprint density at radius 1 is 1.09 bits per heavy atom. The first-order valence-electron chi connectivity index (χ1n) is 10.3. The Hall–Kier alpha value is -3.14. The highest BCUT2D eigenvalue weighted by molar-refractivity contribution is 6.33. The lowest BCUT2D eigenvalue weighted by Gasteiger charge is -2.35. The van der Waals surface area contributed by atoms with Gasteiger partial charge < -0.3 is 9.80 Å². The van der Waals surface area contributed by atoms with E-state index in [0.717, 1.165) is 12.3 Å². The van der Waals surface area contributed by atoms with Gasteiger partial charge in [-0.1, -0.05) is 18.5 Å². The lowest BCUT2D eigenvalue weighted by Crippen LogP contribution is -2.49. The van der Waals surface area contributed by atoms with Gasteiger partial charge in [-0.25, -0.2) is 14.1 Å². The van der Waals surface area contributed by atoms with Crippen molar-refractivity contribution in [2.24, 2.45) is 0 Å². The van der Waals surface area contributed by atoms with Gasteiger partial charge in [0.05, 0.1) is 33.7 Å². The molecule has 1 aliphatic heterocycles. The third kappa shape index (κ3) is 4.66. The summed E-state index contributed by atoms with van der Waals surface area (Å²) in [7, 11) is 0. The van der Waals surface area contributed by atoms with Gasteiger partial charge in [0.15, 0.2) is 0 Å². The number of halogens is 5. The van der Waals surface area contributed by atoms with Crippen LogP contribution in [-0.4, -0.2) is 51.8 Å². The molecule has 174 valence electrons. The second kappa shape index (κ2) is 9.01. The predicted octanol–water partition coefficient (Wildman–Crippen LogP) is 4.60. The van der Waals surface area contributed by atoms with E-state index < -0.39 is 11.7 Å². The van der Waals surface area contributed by atoms with Gasteiger partial charge in [0.1, 0.15) is 11.6 Å². The molecule has 1 aliphatic rings. The molecular weight excluding hydrogens is 462 g/mol. The fourth-order valence-corrected chi connectivity index (χ4v) is 4.09. The number of rotatable bonds is 4. The van der Waals surface area contributed by atoms with E-state index in [1.807, 2.05) is 6.92 Å². The van der Waals surface area contributed by atoms with E-state index in [2.05, 4.69) is 10.1 Å². The van der Waals surface area contributed by atoms with Gasteiger partial charge in [0.2, 0.25) is 0 Å². The van der Waals surface area contributed by atoms with Crippen LogP contribution in [0.3, 0.4) is 0 Å². The van der Waals surface area contributed by atoms with E-state index in [9.17, 15) is 22.4 Å². The number of anilines is 1. The number of nitrogens with zero attached hydrogens (tertiary/aromatic N) is 5. The number of hydrogen-bond acceptors (Lipinski definition) is 4. The number of benzene rings is 1. The van der Waals surface area contributed by atoms with Gasteiger partial charge in [-0.05, 0) is 36.8 Å². The summed E-state index contributed by atoms with van der Waals surface area (Å²) in [5, 5.41) is 4.24. The molecule has 0 unspecified atom stereocenters. The molecular formula is C22H20ClF4N5O. The number of carbonyl (C=O) groups is 1. The molecule has 3 heterocycles. The summed E-state index contributed by atoms with van der Waals surface area (Å²) in [6.45, 7) is 3.35. The summed E-state index contributed by atoms with van der Waals surface area (Å²) in [5.74, 6) is -0.290. The van der Waals surface area contributed by atoms with E-state index in [1.165, 1.54) is 18.3 Å². The quantitative estimate of drug-likeness (QED) is 0.511. The van der Waals surface area contributed by atoms with Crippen LogP contribution in [0.4, 0.5) is 23.4 Å². The molecule has 3 aromatic rings. The van der Waals surface area contributed by atoms with Crippen LogP contribution >= 0.6 is 11.6 Å². The minimum Gasteiger partial charge on any atom is -0.352 e. The van der Waals surface area contributed by atoms with Gasteiger partial charge in [-0.3, -0.25) is 4.79 Å². The average molecular weight is 482 g/mol. The van der Waals surface area contributed by atoms with E-state index in [1.54, 1.807) is 26.6 Å². The number of amides is 1. The van der Waals surface area contributed by atoms with Crippen LogP contribution in [0, 0.1) is 5.82 Å². The normalized spacial score (nSPS) is 14.6. The van der Waals surface area contributed by atoms with Crippen LogP contribution in [0.15, 0.2) is 42.7 Å². The second-order valence-electron chi connectivity index (χ2n) is 7.55. The highest BCUT2D eigenvalue weighted by atomic mass is 35.5. The van der Waals surface area contributed by atoms with Gasteiger partial charge in [0, 0.05) is 32.4 Å². The molecule has 0 saturated carbocycles. The summed E-state index contributed by atoms with van der Waals surface area (Å²) in [6.07, 6.45) is -1.71. The van der Waals surface area contributed by atoms with Crippen LogP contribution in [0.2, 0.25) is 5.02 Å². The first kappa shape index (κ1) is 23.0. The molecule has 1 aromatic carbocycles. The average Bonchev–Trinajstić information content (AvgIpc) is 3.22. The smallest absolute Gasteiger partial charge is 0.352 e. The SMILES string of the molecule is CCc1c(C(=O)N2CCN(c3ncc(C(F)(F)F)cc3Cl)CC2)cnn1-c1ccc(F)cc1. The molecule has 4 rings (SSSR count). The summed E-state index contributed by atoms with van der Waals surface area (Å²) < 4.78 is 53.4. The van der Waals surface area contributed by atoms with Crippen molar-refractivity contribution in [1.82, 2.24) is 19.7 Å². The minimum atomic E-state index is -4.52. The fourth-order valence-electron chi connectivity index (χ4n) is 3.81. The van der Waals surface area contributed by atoms with Gasteiger partial charge >= 0.3 is 6.18 Å². The monoisotopic (exact) mass is 481 g/mol. The standard InChI is InChI=1S/C22H20ClF4N5O/c1-2-19-17(13-29-32(19)16-5-3-15(24)4-6-16)21(33)31-9-7-30(8-10-31)20-18(23)11-14(12-28-20)22(25,26)27/h3-6,11-13H,2,7-10H2,1H3. The van der Waals surface area contributed by atoms with Gasteiger partial charge in [-0.15, -0.1) is 0 Å². The van der Waals surface area contributed by atoms with Crippen molar-refractivity contribution in [1.29, 1.82) is 0 Å². The largest absolute Gasteiger partial charge is 0.417 e. The number of aromatic nitrogens is 3. The van der Waals surface area contributed by atoms with Crippen LogP contribution < -0.4 is 4.90 Å². The van der Waals surface area contributed by atoms with Crippen molar-refractivity contribution in [3.8, 4) is 5.69 Å². The van der Waals surface area contributed by atoms with E-state index in [-0.39, 0.29) is 22.6 Å². The zero-order chi connectivity index (χ0) is 23.8. The Kier molecular flexibility index (Phi) is 6.29. The number of alkyl halides is 3. The van der Waals surface area contributed by atoms with Crippen LogP contribution in [0.25, 0.3) is 5.69 Å². The van der Waals surface area contributed by atoms with Crippen molar-refractivity contribution in [3.63, 3.8) is 0 Å². The first-order valence-corrected chi connectivity index (χ1v) is 10.7. The molecule has 11 heteroatoms. The summed E-state index contributed by atoms with van der Waals surface area (Å²) in [4.78, 5) is 20.5. The van der Waals surface area contributed by atoms with Gasteiger partial charge in [-0.2, -0.15) is 18.3 Å². The minimum absolute atomic E-state index is 0.0848. The Bertz CT molecular complexity index is 1150. The van der Waals surface area contributed by atoms with E-state index in [4.69, 9.17) is 11.6 Å². The summed E-state index contributed by atoms with van der Waals surface area (Å²) in [6, 6.07) is 6.71. The van der Waals surface area contributed by atoms with E-state index in [0.29, 0.717) is 49.5 Å².